The molecule has 0 aliphatic carbocycles. The molecule has 0 radical (unpaired) electrons. The standard InChI is InChI=1S/C13H20BrN3S.HI/c1-10-3-5-17(6-4-10)13(15-2)16-8-12-7-11(14)9-18-12;/h7,9-10H,3-6,8H2,1-2H3,(H,15,16);1H. The highest BCUT2D eigenvalue weighted by Crippen LogP contribution is 2.20. The van der Waals surface area contributed by atoms with Crippen LogP contribution in [0.1, 0.15) is 24.6 Å². The zero-order chi connectivity index (χ0) is 13.0. The maximum absolute atomic E-state index is 4.38. The van der Waals surface area contributed by atoms with Crippen molar-refractivity contribution in [1.29, 1.82) is 0 Å². The smallest absolute Gasteiger partial charge is 0.193 e. The number of nitrogens with zero attached hydrogens (tertiary/aromatic N) is 2. The number of thiophene rings is 1. The Labute approximate surface area is 145 Å². The summed E-state index contributed by atoms with van der Waals surface area (Å²) < 4.78 is 1.16. The van der Waals surface area contributed by atoms with Crippen LogP contribution in [0, 0.1) is 5.92 Å². The van der Waals surface area contributed by atoms with Crippen LogP contribution in [-0.4, -0.2) is 31.0 Å². The van der Waals surface area contributed by atoms with Crippen LogP contribution >= 0.6 is 51.2 Å². The Hall–Kier alpha value is 0.180. The van der Waals surface area contributed by atoms with E-state index in [0.29, 0.717) is 0 Å². The van der Waals surface area contributed by atoms with Crippen LogP contribution in [0.5, 0.6) is 0 Å². The fourth-order valence-corrected chi connectivity index (χ4v) is 3.56. The molecule has 3 nitrogen and oxygen atoms in total. The van der Waals surface area contributed by atoms with Gasteiger partial charge in [-0.2, -0.15) is 0 Å². The van der Waals surface area contributed by atoms with Gasteiger partial charge in [0.05, 0.1) is 6.54 Å². The largest absolute Gasteiger partial charge is 0.351 e. The highest BCUT2D eigenvalue weighted by molar-refractivity contribution is 14.0. The van der Waals surface area contributed by atoms with E-state index in [0.717, 1.165) is 36.0 Å². The molecule has 1 aliphatic heterocycles. The molecule has 0 spiro atoms. The van der Waals surface area contributed by atoms with Crippen LogP contribution in [-0.2, 0) is 6.54 Å². The van der Waals surface area contributed by atoms with E-state index in [1.54, 1.807) is 11.3 Å². The summed E-state index contributed by atoms with van der Waals surface area (Å²) in [6, 6.07) is 2.16. The molecule has 0 unspecified atom stereocenters. The summed E-state index contributed by atoms with van der Waals surface area (Å²) in [6.45, 7) is 5.43. The lowest BCUT2D eigenvalue weighted by molar-refractivity contribution is 0.273. The molecule has 0 atom stereocenters. The van der Waals surface area contributed by atoms with Crippen molar-refractivity contribution in [2.45, 2.75) is 26.3 Å². The molecule has 0 saturated carbocycles. The second kappa shape index (κ2) is 8.46. The van der Waals surface area contributed by atoms with Crippen molar-refractivity contribution >= 4 is 57.2 Å². The molecule has 1 aliphatic rings. The summed E-state index contributed by atoms with van der Waals surface area (Å²) in [5.41, 5.74) is 0. The lowest BCUT2D eigenvalue weighted by Crippen LogP contribution is -2.44. The first kappa shape index (κ1) is 17.2. The molecular weight excluding hydrogens is 437 g/mol. The molecule has 1 N–H and O–H groups in total. The summed E-state index contributed by atoms with van der Waals surface area (Å²) in [4.78, 5) is 8.07. The minimum Gasteiger partial charge on any atom is -0.351 e. The quantitative estimate of drug-likeness (QED) is 0.413. The van der Waals surface area contributed by atoms with Gasteiger partial charge in [-0.1, -0.05) is 6.92 Å². The van der Waals surface area contributed by atoms with Gasteiger partial charge in [-0.15, -0.1) is 35.3 Å². The van der Waals surface area contributed by atoms with E-state index in [4.69, 9.17) is 0 Å². The lowest BCUT2D eigenvalue weighted by Gasteiger charge is -2.32. The number of guanidine groups is 1. The Morgan fingerprint density at radius 1 is 1.53 bits per heavy atom. The van der Waals surface area contributed by atoms with E-state index in [-0.39, 0.29) is 24.0 Å². The van der Waals surface area contributed by atoms with E-state index in [9.17, 15) is 0 Å². The van der Waals surface area contributed by atoms with Gasteiger partial charge in [-0.25, -0.2) is 0 Å². The minimum absolute atomic E-state index is 0. The first-order valence-electron chi connectivity index (χ1n) is 6.37. The second-order valence-corrected chi connectivity index (χ2v) is 6.71. The van der Waals surface area contributed by atoms with Crippen LogP contribution in [0.2, 0.25) is 0 Å². The van der Waals surface area contributed by atoms with Gasteiger partial charge >= 0.3 is 0 Å². The summed E-state index contributed by atoms with van der Waals surface area (Å²) >= 11 is 5.25. The van der Waals surface area contributed by atoms with E-state index >= 15 is 0 Å². The molecular formula is C13H21BrIN3S. The predicted octanol–water partition coefficient (Wildman–Crippen LogP) is 3.94. The van der Waals surface area contributed by atoms with Gasteiger partial charge in [0, 0.05) is 34.9 Å². The van der Waals surface area contributed by atoms with Crippen LogP contribution in [0.25, 0.3) is 0 Å². The van der Waals surface area contributed by atoms with Gasteiger partial charge in [-0.3, -0.25) is 4.99 Å². The first-order valence-corrected chi connectivity index (χ1v) is 8.05. The Morgan fingerprint density at radius 2 is 2.21 bits per heavy atom. The molecule has 2 rings (SSSR count). The average Bonchev–Trinajstić information content (AvgIpc) is 2.78. The Kier molecular flexibility index (Phi) is 7.68. The van der Waals surface area contributed by atoms with Crippen molar-refractivity contribution in [2.24, 2.45) is 10.9 Å². The summed E-state index contributed by atoms with van der Waals surface area (Å²) in [6.07, 6.45) is 2.54. The Morgan fingerprint density at radius 3 is 2.74 bits per heavy atom. The highest BCUT2D eigenvalue weighted by atomic mass is 127. The molecule has 2 heterocycles. The third-order valence-electron chi connectivity index (χ3n) is 3.34. The van der Waals surface area contributed by atoms with Crippen molar-refractivity contribution in [2.75, 3.05) is 20.1 Å². The first-order chi connectivity index (χ1) is 8.69. The molecule has 0 bridgehead atoms. The molecule has 1 saturated heterocycles. The Bertz CT molecular complexity index is 414. The van der Waals surface area contributed by atoms with Crippen molar-refractivity contribution in [1.82, 2.24) is 10.2 Å². The van der Waals surface area contributed by atoms with E-state index in [1.165, 1.54) is 17.7 Å². The van der Waals surface area contributed by atoms with Gasteiger partial charge in [-0.05, 0) is 40.8 Å². The van der Waals surface area contributed by atoms with Crippen molar-refractivity contribution in [3.8, 4) is 0 Å². The zero-order valence-electron chi connectivity index (χ0n) is 11.4. The van der Waals surface area contributed by atoms with Crippen LogP contribution < -0.4 is 5.32 Å². The van der Waals surface area contributed by atoms with Crippen molar-refractivity contribution in [3.05, 3.63) is 20.8 Å². The molecule has 19 heavy (non-hydrogen) atoms. The second-order valence-electron chi connectivity index (χ2n) is 4.80. The number of piperidine rings is 1. The number of aliphatic imine (C=N–C) groups is 1. The molecule has 108 valence electrons. The number of hydrogen-bond donors (Lipinski definition) is 1. The molecule has 1 aromatic heterocycles. The van der Waals surface area contributed by atoms with E-state index in [2.05, 4.69) is 49.5 Å². The third-order valence-corrected chi connectivity index (χ3v) is 5.04. The van der Waals surface area contributed by atoms with Crippen LogP contribution in [0.4, 0.5) is 0 Å². The number of hydrogen-bond acceptors (Lipinski definition) is 2. The summed E-state index contributed by atoms with van der Waals surface area (Å²) in [5.74, 6) is 1.89. The number of likely N-dealkylation sites (tertiary alicyclic amines) is 1. The summed E-state index contributed by atoms with van der Waals surface area (Å²) in [5, 5.41) is 5.56. The zero-order valence-corrected chi connectivity index (χ0v) is 16.1. The number of nitrogens with one attached hydrogen (secondary N) is 1. The molecule has 6 heteroatoms. The topological polar surface area (TPSA) is 27.6 Å². The van der Waals surface area contributed by atoms with Gasteiger partial charge < -0.3 is 10.2 Å². The normalized spacial score (nSPS) is 17.2. The van der Waals surface area contributed by atoms with Crippen LogP contribution in [0.15, 0.2) is 20.9 Å². The number of rotatable bonds is 2. The van der Waals surface area contributed by atoms with E-state index in [1.807, 2.05) is 7.05 Å². The lowest BCUT2D eigenvalue weighted by atomic mass is 10.00. The number of halogens is 2. The van der Waals surface area contributed by atoms with Gasteiger partial charge in [0.1, 0.15) is 0 Å². The molecule has 1 aromatic rings. The van der Waals surface area contributed by atoms with Gasteiger partial charge in [0.25, 0.3) is 0 Å². The monoisotopic (exact) mass is 457 g/mol. The van der Waals surface area contributed by atoms with Crippen molar-refractivity contribution < 1.29 is 0 Å². The van der Waals surface area contributed by atoms with Crippen molar-refractivity contribution in [3.63, 3.8) is 0 Å². The van der Waals surface area contributed by atoms with Crippen LogP contribution in [0.3, 0.4) is 0 Å². The van der Waals surface area contributed by atoms with Gasteiger partial charge in [0.15, 0.2) is 5.96 Å². The summed E-state index contributed by atoms with van der Waals surface area (Å²) in [7, 11) is 1.87. The maximum atomic E-state index is 4.38. The average molecular weight is 458 g/mol. The van der Waals surface area contributed by atoms with E-state index < -0.39 is 0 Å². The molecule has 1 fully saturated rings. The highest BCUT2D eigenvalue weighted by Gasteiger charge is 2.18. The third kappa shape index (κ3) is 5.23. The Balaban J connectivity index is 0.00000180. The minimum atomic E-state index is 0. The SMILES string of the molecule is CN=C(NCc1cc(Br)cs1)N1CCC(C)CC1.I. The van der Waals surface area contributed by atoms with Gasteiger partial charge in [0.2, 0.25) is 0 Å². The molecule has 0 aromatic carbocycles. The maximum Gasteiger partial charge on any atom is 0.193 e. The molecule has 0 amide bonds. The fraction of sp³-hybridized carbons (Fsp3) is 0.615. The predicted molar refractivity (Wildman–Crippen MR) is 97.6 cm³/mol. The fourth-order valence-electron chi connectivity index (χ4n) is 2.17.